The summed E-state index contributed by atoms with van der Waals surface area (Å²) >= 11 is 2.95. The van der Waals surface area contributed by atoms with Gasteiger partial charge in [0.05, 0.1) is 29.1 Å². The second kappa shape index (κ2) is 10.3. The molecule has 3 aromatic rings. The molecule has 1 aliphatic rings. The number of carbonyl (C=O) groups is 1. The summed E-state index contributed by atoms with van der Waals surface area (Å²) in [6, 6.07) is 15.9. The molecule has 174 valence electrons. The van der Waals surface area contributed by atoms with Gasteiger partial charge in [0.1, 0.15) is 0 Å². The molecule has 1 N–H and O–H groups in total. The van der Waals surface area contributed by atoms with E-state index in [0.717, 1.165) is 27.0 Å². The highest BCUT2D eigenvalue weighted by Gasteiger charge is 2.24. The normalized spacial score (nSPS) is 14.9. The number of piperazine rings is 1. The Labute approximate surface area is 202 Å². The SMILES string of the molecule is Cc1ccc(-c2csc(SCC(=O)Nc3ccccc3N3CCN(S(C)(=O)=O)CC3)n2)cc1. The van der Waals surface area contributed by atoms with Gasteiger partial charge in [0, 0.05) is 37.1 Å². The number of hydrogen-bond acceptors (Lipinski definition) is 7. The predicted molar refractivity (Wildman–Crippen MR) is 137 cm³/mol. The third-order valence-electron chi connectivity index (χ3n) is 5.38. The molecular weight excluding hydrogens is 476 g/mol. The monoisotopic (exact) mass is 502 g/mol. The van der Waals surface area contributed by atoms with E-state index in [1.165, 1.54) is 39.2 Å². The maximum atomic E-state index is 12.7. The Morgan fingerprint density at radius 3 is 2.48 bits per heavy atom. The summed E-state index contributed by atoms with van der Waals surface area (Å²) in [5.74, 6) is 0.158. The fourth-order valence-electron chi connectivity index (χ4n) is 3.61. The van der Waals surface area contributed by atoms with Crippen molar-refractivity contribution in [3.05, 3.63) is 59.5 Å². The lowest BCUT2D eigenvalue weighted by molar-refractivity contribution is -0.113. The second-order valence-corrected chi connectivity index (χ2v) is 11.9. The van der Waals surface area contributed by atoms with Gasteiger partial charge in [-0.25, -0.2) is 13.4 Å². The topological polar surface area (TPSA) is 82.6 Å². The minimum absolute atomic E-state index is 0.102. The van der Waals surface area contributed by atoms with Crippen LogP contribution in [0, 0.1) is 6.92 Å². The van der Waals surface area contributed by atoms with Crippen LogP contribution in [0.15, 0.2) is 58.3 Å². The molecule has 1 saturated heterocycles. The van der Waals surface area contributed by atoms with Crippen LogP contribution in [0.2, 0.25) is 0 Å². The fraction of sp³-hybridized carbons (Fsp3) is 0.304. The van der Waals surface area contributed by atoms with Crippen molar-refractivity contribution in [2.75, 3.05) is 48.4 Å². The van der Waals surface area contributed by atoms with Crippen LogP contribution < -0.4 is 10.2 Å². The molecule has 0 spiro atoms. The van der Waals surface area contributed by atoms with E-state index in [9.17, 15) is 13.2 Å². The number of sulfonamides is 1. The van der Waals surface area contributed by atoms with Crippen molar-refractivity contribution in [2.45, 2.75) is 11.3 Å². The van der Waals surface area contributed by atoms with Crippen molar-refractivity contribution in [1.29, 1.82) is 0 Å². The van der Waals surface area contributed by atoms with Gasteiger partial charge in [-0.3, -0.25) is 4.79 Å². The summed E-state index contributed by atoms with van der Waals surface area (Å²) in [5.41, 5.74) is 4.83. The molecule has 0 atom stereocenters. The van der Waals surface area contributed by atoms with Crippen LogP contribution in [-0.2, 0) is 14.8 Å². The van der Waals surface area contributed by atoms with Crippen molar-refractivity contribution >= 4 is 50.4 Å². The molecule has 2 heterocycles. The number of nitrogens with one attached hydrogen (secondary N) is 1. The van der Waals surface area contributed by atoms with Crippen LogP contribution in [0.5, 0.6) is 0 Å². The highest BCUT2D eigenvalue weighted by atomic mass is 32.2. The maximum absolute atomic E-state index is 12.7. The molecule has 0 aliphatic carbocycles. The van der Waals surface area contributed by atoms with Crippen molar-refractivity contribution in [2.24, 2.45) is 0 Å². The first kappa shape index (κ1) is 23.7. The molecule has 33 heavy (non-hydrogen) atoms. The van der Waals surface area contributed by atoms with Crippen molar-refractivity contribution in [3.8, 4) is 11.3 Å². The first-order chi connectivity index (χ1) is 15.8. The molecule has 0 radical (unpaired) electrons. The van der Waals surface area contributed by atoms with E-state index in [1.54, 1.807) is 0 Å². The van der Waals surface area contributed by atoms with Gasteiger partial charge in [-0.2, -0.15) is 4.31 Å². The Hall–Kier alpha value is -2.40. The van der Waals surface area contributed by atoms with E-state index >= 15 is 0 Å². The van der Waals surface area contributed by atoms with Crippen LogP contribution in [0.4, 0.5) is 11.4 Å². The summed E-state index contributed by atoms with van der Waals surface area (Å²) < 4.78 is 25.9. The number of hydrogen-bond donors (Lipinski definition) is 1. The van der Waals surface area contributed by atoms with Gasteiger partial charge < -0.3 is 10.2 Å². The van der Waals surface area contributed by atoms with Gasteiger partial charge in [-0.1, -0.05) is 53.7 Å². The quantitative estimate of drug-likeness (QED) is 0.493. The lowest BCUT2D eigenvalue weighted by atomic mass is 10.1. The molecule has 4 rings (SSSR count). The highest BCUT2D eigenvalue weighted by Crippen LogP contribution is 2.30. The molecule has 1 fully saturated rings. The summed E-state index contributed by atoms with van der Waals surface area (Å²) in [6.45, 7) is 4.08. The van der Waals surface area contributed by atoms with Crippen LogP contribution in [0.25, 0.3) is 11.3 Å². The Kier molecular flexibility index (Phi) is 7.38. The largest absolute Gasteiger partial charge is 0.367 e. The number of para-hydroxylation sites is 2. The van der Waals surface area contributed by atoms with Crippen LogP contribution in [0.3, 0.4) is 0 Å². The zero-order valence-electron chi connectivity index (χ0n) is 18.5. The average molecular weight is 503 g/mol. The second-order valence-electron chi connectivity index (χ2n) is 7.87. The molecule has 7 nitrogen and oxygen atoms in total. The summed E-state index contributed by atoms with van der Waals surface area (Å²) in [5, 5.41) is 5.02. The van der Waals surface area contributed by atoms with E-state index in [2.05, 4.69) is 46.4 Å². The number of rotatable bonds is 7. The van der Waals surface area contributed by atoms with Gasteiger partial charge in [0.2, 0.25) is 15.9 Å². The molecule has 1 aromatic heterocycles. The predicted octanol–water partition coefficient (Wildman–Crippen LogP) is 3.93. The highest BCUT2D eigenvalue weighted by molar-refractivity contribution is 8.01. The molecule has 0 saturated carbocycles. The van der Waals surface area contributed by atoms with Gasteiger partial charge in [-0.15, -0.1) is 11.3 Å². The standard InChI is InChI=1S/C23H26N4O3S3/c1-17-7-9-18(10-8-17)20-15-31-23(25-20)32-16-22(28)24-19-5-3-4-6-21(19)26-11-13-27(14-12-26)33(2,29)30/h3-10,15H,11-14,16H2,1-2H3,(H,24,28). The zero-order valence-corrected chi connectivity index (χ0v) is 21.0. The fourth-order valence-corrected chi connectivity index (χ4v) is 6.07. The van der Waals surface area contributed by atoms with Crippen molar-refractivity contribution in [3.63, 3.8) is 0 Å². The molecule has 1 aliphatic heterocycles. The first-order valence-electron chi connectivity index (χ1n) is 10.5. The van der Waals surface area contributed by atoms with Crippen LogP contribution in [-0.4, -0.2) is 61.8 Å². The Morgan fingerprint density at radius 2 is 1.79 bits per heavy atom. The number of benzene rings is 2. The Morgan fingerprint density at radius 1 is 1.09 bits per heavy atom. The van der Waals surface area contributed by atoms with Gasteiger partial charge in [-0.05, 0) is 19.1 Å². The molecule has 2 aromatic carbocycles. The number of amides is 1. The third-order valence-corrected chi connectivity index (χ3v) is 8.71. The van der Waals surface area contributed by atoms with E-state index in [1.807, 2.05) is 29.6 Å². The van der Waals surface area contributed by atoms with Crippen molar-refractivity contribution in [1.82, 2.24) is 9.29 Å². The summed E-state index contributed by atoms with van der Waals surface area (Å²) in [6.07, 6.45) is 1.24. The van der Waals surface area contributed by atoms with E-state index < -0.39 is 10.0 Å². The molecule has 0 unspecified atom stereocenters. The molecule has 0 bridgehead atoms. The first-order valence-corrected chi connectivity index (χ1v) is 14.3. The number of carbonyl (C=O) groups excluding carboxylic acids is 1. The van der Waals surface area contributed by atoms with Crippen LogP contribution >= 0.6 is 23.1 Å². The molecule has 1 amide bonds. The Balaban J connectivity index is 1.35. The smallest absolute Gasteiger partial charge is 0.234 e. The summed E-state index contributed by atoms with van der Waals surface area (Å²) in [4.78, 5) is 19.4. The van der Waals surface area contributed by atoms with E-state index in [4.69, 9.17) is 0 Å². The van der Waals surface area contributed by atoms with Gasteiger partial charge in [0.25, 0.3) is 0 Å². The lowest BCUT2D eigenvalue weighted by Gasteiger charge is -2.35. The Bertz CT molecular complexity index is 1220. The molecule has 10 heteroatoms. The zero-order chi connectivity index (χ0) is 23.4. The lowest BCUT2D eigenvalue weighted by Crippen LogP contribution is -2.48. The maximum Gasteiger partial charge on any atom is 0.234 e. The minimum atomic E-state index is -3.18. The van der Waals surface area contributed by atoms with Gasteiger partial charge in [0.15, 0.2) is 4.34 Å². The third kappa shape index (κ3) is 6.14. The summed E-state index contributed by atoms with van der Waals surface area (Å²) in [7, 11) is -3.18. The molecular formula is C23H26N4O3S3. The number of thioether (sulfide) groups is 1. The average Bonchev–Trinajstić information content (AvgIpc) is 3.27. The van der Waals surface area contributed by atoms with Crippen molar-refractivity contribution < 1.29 is 13.2 Å². The number of aryl methyl sites for hydroxylation is 1. The van der Waals surface area contributed by atoms with E-state index in [-0.39, 0.29) is 11.7 Å². The van der Waals surface area contributed by atoms with Crippen LogP contribution in [0.1, 0.15) is 5.56 Å². The number of thiazole rings is 1. The minimum Gasteiger partial charge on any atom is -0.367 e. The number of aromatic nitrogens is 1. The number of anilines is 2. The number of nitrogens with zero attached hydrogens (tertiary/aromatic N) is 3. The van der Waals surface area contributed by atoms with Gasteiger partial charge >= 0.3 is 0 Å². The van der Waals surface area contributed by atoms with E-state index in [0.29, 0.717) is 26.2 Å².